The fourth-order valence-electron chi connectivity index (χ4n) is 6.76. The van der Waals surface area contributed by atoms with Gasteiger partial charge in [-0.1, -0.05) is 98.8 Å². The minimum absolute atomic E-state index is 0.0402. The van der Waals surface area contributed by atoms with Crippen LogP contribution in [-0.2, 0) is 33.1 Å². The van der Waals surface area contributed by atoms with Gasteiger partial charge in [-0.05, 0) is 57.0 Å². The number of nitrogens with one attached hydrogen (secondary N) is 2. The van der Waals surface area contributed by atoms with Crippen molar-refractivity contribution in [1.82, 2.24) is 0 Å². The molecule has 0 aromatic heterocycles. The van der Waals surface area contributed by atoms with E-state index in [9.17, 15) is 25.9 Å². The van der Waals surface area contributed by atoms with Crippen LogP contribution >= 0.6 is 0 Å². The van der Waals surface area contributed by atoms with E-state index in [1.54, 1.807) is 60.7 Å². The predicted octanol–water partition coefficient (Wildman–Crippen LogP) is 9.10. The lowest BCUT2D eigenvalue weighted by molar-refractivity contribution is 0.481. The summed E-state index contributed by atoms with van der Waals surface area (Å²) in [7, 11) is -9.76. The van der Waals surface area contributed by atoms with Gasteiger partial charge in [-0.15, -0.1) is 0 Å². The van der Waals surface area contributed by atoms with Gasteiger partial charge in [0.1, 0.15) is 21.2 Å². The number of rotatable bonds is 9. The summed E-state index contributed by atoms with van der Waals surface area (Å²) in [5.41, 5.74) is 31.7. The molecule has 0 aliphatic carbocycles. The Labute approximate surface area is 288 Å². The summed E-state index contributed by atoms with van der Waals surface area (Å²) in [6.45, 7) is 3.89. The van der Waals surface area contributed by atoms with E-state index in [0.29, 0.717) is 45.5 Å². The van der Waals surface area contributed by atoms with Crippen LogP contribution in [0.15, 0.2) is 105 Å². The van der Waals surface area contributed by atoms with Crippen LogP contribution in [0.5, 0.6) is 0 Å². The van der Waals surface area contributed by atoms with E-state index in [0.717, 1.165) is 22.3 Å². The molecule has 12 nitrogen and oxygen atoms in total. The van der Waals surface area contributed by atoms with Gasteiger partial charge in [0.25, 0.3) is 20.2 Å². The first-order chi connectivity index (χ1) is 23.8. The number of benzene rings is 6. The minimum atomic E-state index is -4.88. The van der Waals surface area contributed by atoms with E-state index >= 15 is 0 Å². The Morgan fingerprint density at radius 2 is 0.920 bits per heavy atom. The highest BCUT2D eigenvalue weighted by Gasteiger charge is 2.29. The molecule has 0 saturated heterocycles. The Bertz CT molecular complexity index is 2460. The third-order valence-electron chi connectivity index (χ3n) is 8.95. The highest BCUT2D eigenvalue weighted by atomic mass is 32.2. The van der Waals surface area contributed by atoms with Crippen molar-refractivity contribution in [2.45, 2.75) is 36.5 Å². The molecule has 50 heavy (non-hydrogen) atoms. The van der Waals surface area contributed by atoms with Gasteiger partial charge in [-0.25, -0.2) is 11.1 Å². The fourth-order valence-corrected chi connectivity index (χ4v) is 8.53. The van der Waals surface area contributed by atoms with Gasteiger partial charge in [0.15, 0.2) is 0 Å². The number of fused-ring (bicyclic) bond motifs is 2. The molecular formula is C36H32N6O6S2. The van der Waals surface area contributed by atoms with Gasteiger partial charge in [0, 0.05) is 21.9 Å². The van der Waals surface area contributed by atoms with Crippen LogP contribution in [-0.4, -0.2) is 25.9 Å². The molecule has 14 heteroatoms. The van der Waals surface area contributed by atoms with E-state index in [1.165, 1.54) is 0 Å². The average molecular weight is 709 g/mol. The summed E-state index contributed by atoms with van der Waals surface area (Å²) >= 11 is 0. The van der Waals surface area contributed by atoms with Crippen LogP contribution < -0.4 is 11.5 Å². The molecule has 8 N–H and O–H groups in total. The second-order valence-corrected chi connectivity index (χ2v) is 14.4. The highest BCUT2D eigenvalue weighted by Crippen LogP contribution is 2.48. The van der Waals surface area contributed by atoms with Crippen molar-refractivity contribution in [2.24, 2.45) is 10.2 Å². The van der Waals surface area contributed by atoms with Gasteiger partial charge in [-0.3, -0.25) is 9.11 Å². The Morgan fingerprint density at radius 3 is 1.22 bits per heavy atom. The fraction of sp³-hybridized carbons (Fsp3) is 0.111. The van der Waals surface area contributed by atoms with Crippen LogP contribution in [0.4, 0.5) is 22.7 Å². The summed E-state index contributed by atoms with van der Waals surface area (Å²) in [5, 5.41) is 8.68. The molecule has 0 amide bonds. The van der Waals surface area contributed by atoms with Crippen LogP contribution in [0, 0.1) is 11.1 Å². The van der Waals surface area contributed by atoms with E-state index in [4.69, 9.17) is 22.5 Å². The second kappa shape index (κ2) is 12.7. The maximum absolute atomic E-state index is 12.8. The number of hydrogen-bond acceptors (Lipinski definition) is 10. The number of hydrogen-bond donors (Lipinski definition) is 6. The smallest absolute Gasteiger partial charge is 0.297 e. The molecule has 0 heterocycles. The van der Waals surface area contributed by atoms with Crippen molar-refractivity contribution >= 4 is 64.5 Å². The predicted molar refractivity (Wildman–Crippen MR) is 195 cm³/mol. The van der Waals surface area contributed by atoms with E-state index in [2.05, 4.69) is 10.2 Å². The Morgan fingerprint density at radius 1 is 0.580 bits per heavy atom. The maximum atomic E-state index is 12.8. The molecule has 254 valence electrons. The lowest BCUT2D eigenvalue weighted by Crippen LogP contribution is -2.06. The summed E-state index contributed by atoms with van der Waals surface area (Å²) in [6.07, 6.45) is 1.06. The van der Waals surface area contributed by atoms with Gasteiger partial charge in [0.05, 0.1) is 11.4 Å². The number of nitrogen functional groups attached to an aromatic ring is 2. The summed E-state index contributed by atoms with van der Waals surface area (Å²) in [4.78, 5) is -1.11. The largest absolute Gasteiger partial charge is 0.396 e. The van der Waals surface area contributed by atoms with Crippen molar-refractivity contribution < 1.29 is 25.9 Å². The topological polar surface area (TPSA) is 233 Å². The zero-order valence-electron chi connectivity index (χ0n) is 26.9. The first kappa shape index (κ1) is 34.3. The summed E-state index contributed by atoms with van der Waals surface area (Å²) in [6, 6.07) is 24.5. The SMILES string of the molecule is CCc1cc(-c2c(S(=O)(=O)O)c(N=N)c(N)c3ccccc23)ccc1-c1ccc(-c2c(S(=O)(=O)O)c(N=N)c(N)c3ccccc23)cc1CC. The molecule has 6 rings (SSSR count). The van der Waals surface area contributed by atoms with Crippen LogP contribution in [0.2, 0.25) is 0 Å². The number of anilines is 2. The molecule has 0 unspecified atom stereocenters. The third-order valence-corrected chi connectivity index (χ3v) is 10.8. The van der Waals surface area contributed by atoms with Crippen molar-refractivity contribution in [3.05, 3.63) is 96.1 Å². The molecule has 0 fully saturated rings. The zero-order valence-corrected chi connectivity index (χ0v) is 28.5. The molecule has 0 radical (unpaired) electrons. The average Bonchev–Trinajstić information content (AvgIpc) is 3.10. The molecule has 0 spiro atoms. The monoisotopic (exact) mass is 708 g/mol. The first-order valence-electron chi connectivity index (χ1n) is 15.4. The Kier molecular flexibility index (Phi) is 8.74. The van der Waals surface area contributed by atoms with Crippen LogP contribution in [0.3, 0.4) is 0 Å². The van der Waals surface area contributed by atoms with Gasteiger partial charge >= 0.3 is 0 Å². The highest BCUT2D eigenvalue weighted by molar-refractivity contribution is 7.86. The minimum Gasteiger partial charge on any atom is -0.396 e. The van der Waals surface area contributed by atoms with E-state index in [1.807, 2.05) is 38.1 Å². The normalized spacial score (nSPS) is 12.0. The quantitative estimate of drug-likeness (QED) is 0.0480. The Balaban J connectivity index is 1.60. The van der Waals surface area contributed by atoms with Crippen LogP contribution in [0.25, 0.3) is 54.9 Å². The number of aryl methyl sites for hydroxylation is 2. The molecule has 0 atom stereocenters. The number of nitrogens with two attached hydrogens (primary N) is 2. The number of nitrogens with zero attached hydrogens (tertiary/aromatic N) is 2. The Hall–Kier alpha value is -5.54. The van der Waals surface area contributed by atoms with Crippen LogP contribution in [0.1, 0.15) is 25.0 Å². The molecular weight excluding hydrogens is 677 g/mol. The lowest BCUT2D eigenvalue weighted by Gasteiger charge is -2.20. The van der Waals surface area contributed by atoms with Crippen molar-refractivity contribution in [1.29, 1.82) is 11.1 Å². The second-order valence-electron chi connectivity index (χ2n) is 11.6. The molecule has 6 aromatic rings. The molecule has 0 aliphatic rings. The van der Waals surface area contributed by atoms with E-state index in [-0.39, 0.29) is 33.9 Å². The molecule has 0 saturated carbocycles. The summed E-state index contributed by atoms with van der Waals surface area (Å²) in [5.74, 6) is 0. The van der Waals surface area contributed by atoms with Gasteiger partial charge in [-0.2, -0.15) is 27.1 Å². The standard InChI is InChI=1S/C36H32N6O6S2/c1-3-19-17-21(29-25-9-5-7-11-27(25)31(37)33(41-39)35(29)49(43,44)45)13-15-23(19)24-16-14-22(18-20(24)4-2)30-26-10-6-8-12-28(26)32(38)34(42-40)36(30)50(46,47)48/h5-18,39-40H,3-4,37-38H2,1-2H3,(H,43,44,45)(H,46,47,48). The van der Waals surface area contributed by atoms with Crippen molar-refractivity contribution in [3.8, 4) is 33.4 Å². The van der Waals surface area contributed by atoms with Crippen molar-refractivity contribution in [3.63, 3.8) is 0 Å². The van der Waals surface area contributed by atoms with Gasteiger partial charge < -0.3 is 11.5 Å². The van der Waals surface area contributed by atoms with Gasteiger partial charge in [0.2, 0.25) is 0 Å². The summed E-state index contributed by atoms with van der Waals surface area (Å²) < 4.78 is 71.8. The lowest BCUT2D eigenvalue weighted by atomic mass is 9.87. The molecule has 6 aromatic carbocycles. The third kappa shape index (κ3) is 5.57. The zero-order chi connectivity index (χ0) is 36.1. The molecule has 0 aliphatic heterocycles. The maximum Gasteiger partial charge on any atom is 0.297 e. The molecule has 0 bridgehead atoms. The first-order valence-corrected chi connectivity index (χ1v) is 18.3. The van der Waals surface area contributed by atoms with Crippen molar-refractivity contribution in [2.75, 3.05) is 11.5 Å². The van der Waals surface area contributed by atoms with E-state index < -0.39 is 30.0 Å².